The number of nitrogens with one attached hydrogen (secondary N) is 2. The van der Waals surface area contributed by atoms with Gasteiger partial charge in [-0.3, -0.25) is 4.79 Å². The van der Waals surface area contributed by atoms with Crippen LogP contribution < -0.4 is 10.6 Å². The molecule has 0 fully saturated rings. The molecule has 0 heterocycles. The number of para-hydroxylation sites is 1. The summed E-state index contributed by atoms with van der Waals surface area (Å²) in [6, 6.07) is 4.93. The van der Waals surface area contributed by atoms with E-state index in [4.69, 9.17) is 5.11 Å². The summed E-state index contributed by atoms with van der Waals surface area (Å²) in [6.07, 6.45) is -4.84. The highest BCUT2D eigenvalue weighted by atomic mass is 19.4. The van der Waals surface area contributed by atoms with Crippen LogP contribution in [0.15, 0.2) is 24.3 Å². The van der Waals surface area contributed by atoms with Crippen molar-refractivity contribution in [2.75, 3.05) is 11.9 Å². The molecule has 0 saturated heterocycles. The standard InChI is InChI=1S/C11H11F3N2O3/c12-11(13,14)6-15-10(19)16-8-4-2-1-3-7(8)5-9(17)18/h1-4H,5-6H2,(H,17,18)(H2,15,16,19). The number of carboxylic acids is 1. The average Bonchev–Trinajstić information content (AvgIpc) is 2.27. The van der Waals surface area contributed by atoms with E-state index in [-0.39, 0.29) is 12.1 Å². The smallest absolute Gasteiger partial charge is 0.405 e. The summed E-state index contributed by atoms with van der Waals surface area (Å²) in [4.78, 5) is 21.8. The first-order chi connectivity index (χ1) is 8.78. The predicted molar refractivity (Wildman–Crippen MR) is 60.9 cm³/mol. The number of aliphatic carboxylic acids is 1. The lowest BCUT2D eigenvalue weighted by molar-refractivity contribution is -0.136. The number of carbonyl (C=O) groups excluding carboxylic acids is 1. The third-order valence-corrected chi connectivity index (χ3v) is 2.06. The van der Waals surface area contributed by atoms with Gasteiger partial charge in [-0.05, 0) is 11.6 Å². The van der Waals surface area contributed by atoms with Crippen LogP contribution in [0.2, 0.25) is 0 Å². The predicted octanol–water partition coefficient (Wildman–Crippen LogP) is 2.00. The maximum atomic E-state index is 11.9. The van der Waals surface area contributed by atoms with Crippen molar-refractivity contribution in [3.63, 3.8) is 0 Å². The average molecular weight is 276 g/mol. The lowest BCUT2D eigenvalue weighted by Crippen LogP contribution is -2.36. The maximum absolute atomic E-state index is 11.9. The second-order valence-corrected chi connectivity index (χ2v) is 3.65. The quantitative estimate of drug-likeness (QED) is 0.787. The number of urea groups is 1. The third kappa shape index (κ3) is 5.75. The molecule has 0 radical (unpaired) electrons. The molecule has 1 aromatic carbocycles. The Bertz CT molecular complexity index is 474. The lowest BCUT2D eigenvalue weighted by atomic mass is 10.1. The first kappa shape index (κ1) is 14.8. The van der Waals surface area contributed by atoms with Crippen molar-refractivity contribution in [2.45, 2.75) is 12.6 Å². The van der Waals surface area contributed by atoms with Crippen molar-refractivity contribution >= 4 is 17.7 Å². The fourth-order valence-corrected chi connectivity index (χ4v) is 1.31. The molecular formula is C11H11F3N2O3. The summed E-state index contributed by atoms with van der Waals surface area (Å²) in [5.74, 6) is -1.11. The van der Waals surface area contributed by atoms with Gasteiger partial charge < -0.3 is 15.7 Å². The van der Waals surface area contributed by atoms with Gasteiger partial charge in [-0.1, -0.05) is 18.2 Å². The topological polar surface area (TPSA) is 78.4 Å². The van der Waals surface area contributed by atoms with Crippen LogP contribution in [0, 0.1) is 0 Å². The highest BCUT2D eigenvalue weighted by molar-refractivity contribution is 5.90. The minimum absolute atomic E-state index is 0.157. The van der Waals surface area contributed by atoms with Crippen molar-refractivity contribution in [3.05, 3.63) is 29.8 Å². The van der Waals surface area contributed by atoms with Crippen LogP contribution in [0.3, 0.4) is 0 Å². The molecule has 1 aromatic rings. The Morgan fingerprint density at radius 2 is 1.84 bits per heavy atom. The van der Waals surface area contributed by atoms with Crippen LogP contribution in [0.4, 0.5) is 23.7 Å². The van der Waals surface area contributed by atoms with Crippen LogP contribution in [0.1, 0.15) is 5.56 Å². The Labute approximate surface area is 106 Å². The molecular weight excluding hydrogens is 265 g/mol. The fraction of sp³-hybridized carbons (Fsp3) is 0.273. The van der Waals surface area contributed by atoms with E-state index in [0.29, 0.717) is 5.56 Å². The normalized spacial score (nSPS) is 10.9. The Morgan fingerprint density at radius 3 is 2.42 bits per heavy atom. The number of alkyl halides is 3. The number of hydrogen-bond acceptors (Lipinski definition) is 2. The molecule has 0 saturated carbocycles. The molecule has 8 heteroatoms. The third-order valence-electron chi connectivity index (χ3n) is 2.06. The molecule has 104 valence electrons. The summed E-state index contributed by atoms with van der Waals surface area (Å²) < 4.78 is 35.7. The van der Waals surface area contributed by atoms with Crippen molar-refractivity contribution < 1.29 is 27.9 Å². The van der Waals surface area contributed by atoms with Crippen molar-refractivity contribution in [2.24, 2.45) is 0 Å². The molecule has 5 nitrogen and oxygen atoms in total. The van der Waals surface area contributed by atoms with E-state index in [1.165, 1.54) is 18.2 Å². The number of carboxylic acid groups (broad SMARTS) is 1. The second-order valence-electron chi connectivity index (χ2n) is 3.65. The van der Waals surface area contributed by atoms with Gasteiger partial charge in [0.2, 0.25) is 0 Å². The van der Waals surface area contributed by atoms with E-state index in [2.05, 4.69) is 5.32 Å². The first-order valence-corrected chi connectivity index (χ1v) is 5.19. The monoisotopic (exact) mass is 276 g/mol. The molecule has 0 bridgehead atoms. The highest BCUT2D eigenvalue weighted by Gasteiger charge is 2.27. The van der Waals surface area contributed by atoms with Crippen LogP contribution in [-0.4, -0.2) is 29.8 Å². The molecule has 0 spiro atoms. The van der Waals surface area contributed by atoms with E-state index in [9.17, 15) is 22.8 Å². The summed E-state index contributed by atoms with van der Waals surface area (Å²) >= 11 is 0. The van der Waals surface area contributed by atoms with E-state index in [1.54, 1.807) is 11.4 Å². The fourth-order valence-electron chi connectivity index (χ4n) is 1.31. The Morgan fingerprint density at radius 1 is 1.21 bits per heavy atom. The van der Waals surface area contributed by atoms with E-state index >= 15 is 0 Å². The summed E-state index contributed by atoms with van der Waals surface area (Å²) in [7, 11) is 0. The van der Waals surface area contributed by atoms with E-state index in [1.807, 2.05) is 0 Å². The molecule has 3 N–H and O–H groups in total. The lowest BCUT2D eigenvalue weighted by Gasteiger charge is -2.12. The van der Waals surface area contributed by atoms with Gasteiger partial charge in [0, 0.05) is 5.69 Å². The van der Waals surface area contributed by atoms with Gasteiger partial charge in [-0.25, -0.2) is 4.79 Å². The second kappa shape index (κ2) is 6.07. The largest absolute Gasteiger partial charge is 0.481 e. The number of anilines is 1. The molecule has 0 atom stereocenters. The number of hydrogen-bond donors (Lipinski definition) is 3. The van der Waals surface area contributed by atoms with E-state index < -0.39 is 24.7 Å². The van der Waals surface area contributed by atoms with Gasteiger partial charge in [0.05, 0.1) is 6.42 Å². The first-order valence-electron chi connectivity index (χ1n) is 5.19. The van der Waals surface area contributed by atoms with Gasteiger partial charge in [0.15, 0.2) is 0 Å². The molecule has 0 aliphatic carbocycles. The molecule has 2 amide bonds. The van der Waals surface area contributed by atoms with Crippen molar-refractivity contribution in [3.8, 4) is 0 Å². The highest BCUT2D eigenvalue weighted by Crippen LogP contribution is 2.16. The van der Waals surface area contributed by atoms with Gasteiger partial charge in [0.1, 0.15) is 6.54 Å². The van der Waals surface area contributed by atoms with Crippen molar-refractivity contribution in [1.82, 2.24) is 5.32 Å². The van der Waals surface area contributed by atoms with Crippen LogP contribution in [0.25, 0.3) is 0 Å². The van der Waals surface area contributed by atoms with Gasteiger partial charge >= 0.3 is 18.2 Å². The zero-order chi connectivity index (χ0) is 14.5. The Kier molecular flexibility index (Phi) is 4.74. The van der Waals surface area contributed by atoms with Gasteiger partial charge in [-0.15, -0.1) is 0 Å². The number of rotatable bonds is 4. The van der Waals surface area contributed by atoms with Gasteiger partial charge in [-0.2, -0.15) is 13.2 Å². The van der Waals surface area contributed by atoms with Crippen LogP contribution in [0.5, 0.6) is 0 Å². The molecule has 1 rings (SSSR count). The Balaban J connectivity index is 2.66. The number of benzene rings is 1. The van der Waals surface area contributed by atoms with E-state index in [0.717, 1.165) is 0 Å². The molecule has 0 unspecified atom stereocenters. The molecule has 19 heavy (non-hydrogen) atoms. The Hall–Kier alpha value is -2.25. The summed E-state index contributed by atoms with van der Waals surface area (Å²) in [5.41, 5.74) is 0.460. The number of amides is 2. The van der Waals surface area contributed by atoms with Crippen LogP contribution >= 0.6 is 0 Å². The minimum atomic E-state index is -4.50. The van der Waals surface area contributed by atoms with Gasteiger partial charge in [0.25, 0.3) is 0 Å². The SMILES string of the molecule is O=C(O)Cc1ccccc1NC(=O)NCC(F)(F)F. The summed E-state index contributed by atoms with van der Waals surface area (Å²) in [5, 5.41) is 12.5. The van der Waals surface area contributed by atoms with Crippen LogP contribution in [-0.2, 0) is 11.2 Å². The minimum Gasteiger partial charge on any atom is -0.481 e. The van der Waals surface area contributed by atoms with Crippen molar-refractivity contribution in [1.29, 1.82) is 0 Å². The summed E-state index contributed by atoms with van der Waals surface area (Å²) in [6.45, 7) is -1.46. The molecule has 0 aliphatic heterocycles. The number of halogens is 3. The zero-order valence-corrected chi connectivity index (χ0v) is 9.62. The number of carbonyl (C=O) groups is 2. The maximum Gasteiger partial charge on any atom is 0.405 e. The molecule has 0 aliphatic rings. The molecule has 0 aromatic heterocycles. The zero-order valence-electron chi connectivity index (χ0n) is 9.62.